The molecule has 0 radical (unpaired) electrons. The van der Waals surface area contributed by atoms with Gasteiger partial charge in [-0.15, -0.1) is 0 Å². The van der Waals surface area contributed by atoms with Crippen LogP contribution in [0, 0.1) is 0 Å². The molecule has 8 nitrogen and oxygen atoms in total. The zero-order valence-electron chi connectivity index (χ0n) is 17.1. The Morgan fingerprint density at radius 2 is 1.63 bits per heavy atom. The van der Waals surface area contributed by atoms with Gasteiger partial charge >= 0.3 is 0 Å². The zero-order chi connectivity index (χ0) is 21.6. The molecule has 1 heterocycles. The standard InChI is InChI=1S/C21H26N2O6S/c1-27-19-11-6-16(14-20(19)28-2)22-21(24)15-29-17-7-9-18(10-8-17)30(25,26)23-12-4-3-5-13-23/h6-11,14H,3-5,12-13,15H2,1-2H3,(H,22,24). The molecule has 0 atom stereocenters. The number of nitrogens with zero attached hydrogens (tertiary/aromatic N) is 1. The minimum Gasteiger partial charge on any atom is -0.493 e. The largest absolute Gasteiger partial charge is 0.493 e. The number of piperidine rings is 1. The molecule has 1 saturated heterocycles. The number of hydrogen-bond acceptors (Lipinski definition) is 6. The number of benzene rings is 2. The average molecular weight is 435 g/mol. The van der Waals surface area contributed by atoms with E-state index in [4.69, 9.17) is 14.2 Å². The van der Waals surface area contributed by atoms with Gasteiger partial charge in [0.15, 0.2) is 18.1 Å². The number of carbonyl (C=O) groups excluding carboxylic acids is 1. The molecule has 0 unspecified atom stereocenters. The number of sulfonamides is 1. The van der Waals surface area contributed by atoms with Gasteiger partial charge in [-0.1, -0.05) is 6.42 Å². The van der Waals surface area contributed by atoms with Crippen LogP contribution in [0.3, 0.4) is 0 Å². The van der Waals surface area contributed by atoms with E-state index in [9.17, 15) is 13.2 Å². The van der Waals surface area contributed by atoms with Crippen molar-refractivity contribution in [2.24, 2.45) is 0 Å². The van der Waals surface area contributed by atoms with Crippen LogP contribution in [-0.4, -0.2) is 52.5 Å². The summed E-state index contributed by atoms with van der Waals surface area (Å²) in [6, 6.07) is 11.2. The Kier molecular flexibility index (Phi) is 7.17. The fourth-order valence-corrected chi connectivity index (χ4v) is 4.74. The summed E-state index contributed by atoms with van der Waals surface area (Å²) in [7, 11) is -0.436. The number of anilines is 1. The molecular formula is C21H26N2O6S. The van der Waals surface area contributed by atoms with Crippen molar-refractivity contribution in [3.63, 3.8) is 0 Å². The Labute approximate surface area is 176 Å². The number of hydrogen-bond donors (Lipinski definition) is 1. The molecule has 0 aromatic heterocycles. The fourth-order valence-electron chi connectivity index (χ4n) is 3.22. The second-order valence-corrected chi connectivity index (χ2v) is 8.78. The highest BCUT2D eigenvalue weighted by molar-refractivity contribution is 7.89. The first-order chi connectivity index (χ1) is 14.4. The summed E-state index contributed by atoms with van der Waals surface area (Å²) < 4.78 is 42.7. The van der Waals surface area contributed by atoms with Crippen LogP contribution in [0.2, 0.25) is 0 Å². The van der Waals surface area contributed by atoms with E-state index in [0.717, 1.165) is 19.3 Å². The number of methoxy groups -OCH3 is 2. The third kappa shape index (κ3) is 5.22. The molecule has 162 valence electrons. The maximum absolute atomic E-state index is 12.7. The van der Waals surface area contributed by atoms with Gasteiger partial charge < -0.3 is 19.5 Å². The lowest BCUT2D eigenvalue weighted by molar-refractivity contribution is -0.118. The Morgan fingerprint density at radius 1 is 0.967 bits per heavy atom. The zero-order valence-corrected chi connectivity index (χ0v) is 17.9. The predicted molar refractivity (Wildman–Crippen MR) is 113 cm³/mol. The van der Waals surface area contributed by atoms with Crippen LogP contribution < -0.4 is 19.5 Å². The smallest absolute Gasteiger partial charge is 0.262 e. The molecule has 1 aliphatic rings. The normalized spacial score (nSPS) is 14.7. The minimum atomic E-state index is -3.49. The second-order valence-electron chi connectivity index (χ2n) is 6.84. The van der Waals surface area contributed by atoms with Crippen molar-refractivity contribution in [2.75, 3.05) is 39.2 Å². The van der Waals surface area contributed by atoms with Gasteiger partial charge in [0.2, 0.25) is 10.0 Å². The molecule has 2 aromatic carbocycles. The molecule has 0 bridgehead atoms. The van der Waals surface area contributed by atoms with Gasteiger partial charge in [-0.2, -0.15) is 4.31 Å². The Hall–Kier alpha value is -2.78. The van der Waals surface area contributed by atoms with E-state index < -0.39 is 10.0 Å². The van der Waals surface area contributed by atoms with Gasteiger partial charge in [-0.3, -0.25) is 4.79 Å². The molecule has 0 spiro atoms. The summed E-state index contributed by atoms with van der Waals surface area (Å²) in [5, 5.41) is 2.71. The lowest BCUT2D eigenvalue weighted by Crippen LogP contribution is -2.35. The summed E-state index contributed by atoms with van der Waals surface area (Å²) in [5.41, 5.74) is 0.546. The monoisotopic (exact) mass is 434 g/mol. The summed E-state index contributed by atoms with van der Waals surface area (Å²) >= 11 is 0. The number of ether oxygens (including phenoxy) is 3. The number of amides is 1. The number of nitrogens with one attached hydrogen (secondary N) is 1. The summed E-state index contributed by atoms with van der Waals surface area (Å²) in [4.78, 5) is 12.4. The maximum atomic E-state index is 12.7. The van der Waals surface area contributed by atoms with Crippen molar-refractivity contribution in [1.82, 2.24) is 4.31 Å². The molecule has 3 rings (SSSR count). The van der Waals surface area contributed by atoms with E-state index in [2.05, 4.69) is 5.32 Å². The van der Waals surface area contributed by atoms with Gasteiger partial charge in [-0.25, -0.2) is 8.42 Å². The van der Waals surface area contributed by atoms with Crippen molar-refractivity contribution < 1.29 is 27.4 Å². The van der Waals surface area contributed by atoms with Crippen molar-refractivity contribution in [2.45, 2.75) is 24.2 Å². The fraction of sp³-hybridized carbons (Fsp3) is 0.381. The van der Waals surface area contributed by atoms with Crippen LogP contribution >= 0.6 is 0 Å². The quantitative estimate of drug-likeness (QED) is 0.687. The summed E-state index contributed by atoms with van der Waals surface area (Å²) in [6.45, 7) is 0.889. The van der Waals surface area contributed by atoms with Crippen molar-refractivity contribution >= 4 is 21.6 Å². The Balaban J connectivity index is 1.56. The van der Waals surface area contributed by atoms with Crippen LogP contribution in [0.4, 0.5) is 5.69 Å². The molecule has 1 aliphatic heterocycles. The Bertz CT molecular complexity index is 969. The highest BCUT2D eigenvalue weighted by atomic mass is 32.2. The third-order valence-electron chi connectivity index (χ3n) is 4.81. The molecule has 9 heteroatoms. The first-order valence-electron chi connectivity index (χ1n) is 9.69. The lowest BCUT2D eigenvalue weighted by Gasteiger charge is -2.25. The first-order valence-corrected chi connectivity index (χ1v) is 11.1. The molecular weight excluding hydrogens is 408 g/mol. The molecule has 0 aliphatic carbocycles. The minimum absolute atomic E-state index is 0.216. The summed E-state index contributed by atoms with van der Waals surface area (Å²) in [5.74, 6) is 1.12. The first kappa shape index (κ1) is 21.9. The molecule has 0 saturated carbocycles. The van der Waals surface area contributed by atoms with E-state index in [1.807, 2.05) is 0 Å². The molecule has 1 amide bonds. The average Bonchev–Trinajstić information content (AvgIpc) is 2.78. The van der Waals surface area contributed by atoms with Gasteiger partial charge in [0.25, 0.3) is 5.91 Å². The topological polar surface area (TPSA) is 94.2 Å². The van der Waals surface area contributed by atoms with Crippen LogP contribution in [-0.2, 0) is 14.8 Å². The van der Waals surface area contributed by atoms with Crippen molar-refractivity contribution in [3.05, 3.63) is 42.5 Å². The van der Waals surface area contributed by atoms with E-state index >= 15 is 0 Å². The van der Waals surface area contributed by atoms with Gasteiger partial charge in [0.05, 0.1) is 19.1 Å². The predicted octanol–water partition coefficient (Wildman–Crippen LogP) is 2.90. The van der Waals surface area contributed by atoms with Gasteiger partial charge in [0.1, 0.15) is 5.75 Å². The molecule has 2 aromatic rings. The van der Waals surface area contributed by atoms with E-state index in [1.165, 1.54) is 30.7 Å². The highest BCUT2D eigenvalue weighted by Crippen LogP contribution is 2.29. The van der Waals surface area contributed by atoms with Crippen molar-refractivity contribution in [3.8, 4) is 17.2 Å². The van der Waals surface area contributed by atoms with Crippen molar-refractivity contribution in [1.29, 1.82) is 0 Å². The van der Waals surface area contributed by atoms with E-state index in [-0.39, 0.29) is 17.4 Å². The van der Waals surface area contributed by atoms with Crippen LogP contribution in [0.5, 0.6) is 17.2 Å². The van der Waals surface area contributed by atoms with Gasteiger partial charge in [-0.05, 0) is 49.2 Å². The van der Waals surface area contributed by atoms with Crippen LogP contribution in [0.1, 0.15) is 19.3 Å². The second kappa shape index (κ2) is 9.82. The number of carbonyl (C=O) groups is 1. The highest BCUT2D eigenvalue weighted by Gasteiger charge is 2.25. The van der Waals surface area contributed by atoms with Gasteiger partial charge in [0, 0.05) is 24.8 Å². The number of rotatable bonds is 8. The Morgan fingerprint density at radius 3 is 2.27 bits per heavy atom. The molecule has 1 fully saturated rings. The SMILES string of the molecule is COc1ccc(NC(=O)COc2ccc(S(=O)(=O)N3CCCCC3)cc2)cc1OC. The summed E-state index contributed by atoms with van der Waals surface area (Å²) in [6.07, 6.45) is 2.83. The third-order valence-corrected chi connectivity index (χ3v) is 6.73. The molecule has 30 heavy (non-hydrogen) atoms. The molecule has 1 N–H and O–H groups in total. The van der Waals surface area contributed by atoms with Crippen LogP contribution in [0.25, 0.3) is 0 Å². The maximum Gasteiger partial charge on any atom is 0.262 e. The van der Waals surface area contributed by atoms with E-state index in [1.54, 1.807) is 30.3 Å². The van der Waals surface area contributed by atoms with E-state index in [0.29, 0.717) is 36.0 Å². The van der Waals surface area contributed by atoms with Crippen LogP contribution in [0.15, 0.2) is 47.4 Å². The lowest BCUT2D eigenvalue weighted by atomic mass is 10.2.